The van der Waals surface area contributed by atoms with Crippen LogP contribution in [0.1, 0.15) is 4.88 Å². The lowest BCUT2D eigenvalue weighted by molar-refractivity contribution is -0.117. The summed E-state index contributed by atoms with van der Waals surface area (Å²) >= 11 is 14.6. The van der Waals surface area contributed by atoms with Gasteiger partial charge in [0.15, 0.2) is 0 Å². The molecule has 0 aliphatic rings. The molecule has 1 heterocycles. The van der Waals surface area contributed by atoms with Crippen LogP contribution in [0.15, 0.2) is 40.6 Å². The van der Waals surface area contributed by atoms with Crippen LogP contribution in [-0.4, -0.2) is 17.7 Å². The van der Waals surface area contributed by atoms with E-state index in [0.29, 0.717) is 21.5 Å². The van der Waals surface area contributed by atoms with Gasteiger partial charge in [-0.05, 0) is 29.6 Å². The van der Waals surface area contributed by atoms with E-state index in [0.717, 1.165) is 4.88 Å². The predicted molar refractivity (Wildman–Crippen MR) is 91.9 cm³/mol. The molecule has 116 valence electrons. The number of nitrogens with one attached hydrogen (secondary N) is 2. The summed E-state index contributed by atoms with van der Waals surface area (Å²) in [6.45, 7) is 0.393. The summed E-state index contributed by atoms with van der Waals surface area (Å²) in [6.07, 6.45) is 0. The number of hydrogen-bond acceptors (Lipinski definition) is 4. The summed E-state index contributed by atoms with van der Waals surface area (Å²) in [4.78, 5) is 25.0. The highest BCUT2D eigenvalue weighted by Gasteiger charge is 2.10. The Morgan fingerprint density at radius 3 is 2.77 bits per heavy atom. The zero-order valence-corrected chi connectivity index (χ0v) is 14.4. The Morgan fingerprint density at radius 2 is 2.05 bits per heavy atom. The van der Waals surface area contributed by atoms with Gasteiger partial charge in [0.25, 0.3) is 0 Å². The van der Waals surface area contributed by atoms with Crippen molar-refractivity contribution >= 4 is 58.2 Å². The standard InChI is InChI=1S/C14H12Cl2N2O2S2/c15-9-3-4-11(16)12(6-9)22-8-13(19)18-14(20)17-7-10-2-1-5-21-10/h1-6H,7-8H2,(H2,17,18,19,20). The second kappa shape index (κ2) is 8.43. The number of imide groups is 1. The van der Waals surface area contributed by atoms with E-state index in [1.807, 2.05) is 17.5 Å². The van der Waals surface area contributed by atoms with Crippen LogP contribution in [0.2, 0.25) is 10.0 Å². The van der Waals surface area contributed by atoms with Gasteiger partial charge in [-0.3, -0.25) is 10.1 Å². The molecule has 1 aromatic carbocycles. The zero-order chi connectivity index (χ0) is 15.9. The first kappa shape index (κ1) is 17.1. The molecule has 0 unspecified atom stereocenters. The maximum absolute atomic E-state index is 11.7. The molecule has 2 N–H and O–H groups in total. The number of rotatable bonds is 5. The number of hydrogen-bond donors (Lipinski definition) is 2. The molecule has 0 fully saturated rings. The van der Waals surface area contributed by atoms with E-state index in [2.05, 4.69) is 10.6 Å². The molecule has 1 aromatic heterocycles. The topological polar surface area (TPSA) is 58.2 Å². The number of benzene rings is 1. The fourth-order valence-electron chi connectivity index (χ4n) is 1.52. The second-order valence-corrected chi connectivity index (χ2v) is 7.07. The van der Waals surface area contributed by atoms with E-state index >= 15 is 0 Å². The summed E-state index contributed by atoms with van der Waals surface area (Å²) in [7, 11) is 0. The molecule has 4 nitrogen and oxygen atoms in total. The Balaban J connectivity index is 1.75. The SMILES string of the molecule is O=C(CSc1cc(Cl)ccc1Cl)NC(=O)NCc1cccs1. The van der Waals surface area contributed by atoms with E-state index < -0.39 is 11.9 Å². The van der Waals surface area contributed by atoms with E-state index in [-0.39, 0.29) is 5.75 Å². The highest BCUT2D eigenvalue weighted by molar-refractivity contribution is 8.00. The van der Waals surface area contributed by atoms with Gasteiger partial charge < -0.3 is 5.32 Å². The van der Waals surface area contributed by atoms with Crippen molar-refractivity contribution in [1.82, 2.24) is 10.6 Å². The molecule has 0 bridgehead atoms. The van der Waals surface area contributed by atoms with Crippen molar-refractivity contribution < 1.29 is 9.59 Å². The Hall–Kier alpha value is -1.21. The summed E-state index contributed by atoms with van der Waals surface area (Å²) in [5.74, 6) is -0.323. The van der Waals surface area contributed by atoms with E-state index in [1.54, 1.807) is 18.2 Å². The van der Waals surface area contributed by atoms with Crippen LogP contribution in [0.4, 0.5) is 4.79 Å². The summed E-state index contributed by atoms with van der Waals surface area (Å²) in [5, 5.41) is 7.87. The average molecular weight is 375 g/mol. The summed E-state index contributed by atoms with van der Waals surface area (Å²) < 4.78 is 0. The van der Waals surface area contributed by atoms with Crippen molar-refractivity contribution in [3.05, 3.63) is 50.6 Å². The lowest BCUT2D eigenvalue weighted by Gasteiger charge is -2.07. The van der Waals surface area contributed by atoms with Gasteiger partial charge in [0.2, 0.25) is 5.91 Å². The highest BCUT2D eigenvalue weighted by Crippen LogP contribution is 2.29. The smallest absolute Gasteiger partial charge is 0.321 e. The van der Waals surface area contributed by atoms with Gasteiger partial charge in [0.05, 0.1) is 17.3 Å². The molecule has 0 saturated heterocycles. The van der Waals surface area contributed by atoms with Crippen LogP contribution < -0.4 is 10.6 Å². The molecule has 22 heavy (non-hydrogen) atoms. The number of urea groups is 1. The maximum Gasteiger partial charge on any atom is 0.321 e. The van der Waals surface area contributed by atoms with Gasteiger partial charge in [0.1, 0.15) is 0 Å². The lowest BCUT2D eigenvalue weighted by atomic mass is 10.4. The van der Waals surface area contributed by atoms with Crippen molar-refractivity contribution in [2.75, 3.05) is 5.75 Å². The number of thioether (sulfide) groups is 1. The fraction of sp³-hybridized carbons (Fsp3) is 0.143. The third kappa shape index (κ3) is 5.53. The first-order valence-electron chi connectivity index (χ1n) is 6.22. The monoisotopic (exact) mass is 374 g/mol. The van der Waals surface area contributed by atoms with Gasteiger partial charge in [-0.25, -0.2) is 4.79 Å². The number of halogens is 2. The summed E-state index contributed by atoms with van der Waals surface area (Å²) in [5.41, 5.74) is 0. The first-order chi connectivity index (χ1) is 10.5. The third-order valence-electron chi connectivity index (χ3n) is 2.51. The molecule has 2 rings (SSSR count). The Bertz CT molecular complexity index is 663. The Morgan fingerprint density at radius 1 is 1.23 bits per heavy atom. The minimum Gasteiger partial charge on any atom is -0.333 e. The van der Waals surface area contributed by atoms with Gasteiger partial charge >= 0.3 is 6.03 Å². The van der Waals surface area contributed by atoms with Gasteiger partial charge in [-0.2, -0.15) is 0 Å². The highest BCUT2D eigenvalue weighted by atomic mass is 35.5. The van der Waals surface area contributed by atoms with Crippen LogP contribution in [0, 0.1) is 0 Å². The van der Waals surface area contributed by atoms with Crippen molar-refractivity contribution in [3.63, 3.8) is 0 Å². The molecule has 0 aliphatic carbocycles. The molecule has 0 saturated carbocycles. The number of amides is 3. The minimum absolute atomic E-state index is 0.0759. The number of carbonyl (C=O) groups is 2. The number of thiophene rings is 1. The molecule has 0 aliphatic heterocycles. The predicted octanol–water partition coefficient (Wildman–Crippen LogP) is 4.17. The molecular formula is C14H12Cl2N2O2S2. The van der Waals surface area contributed by atoms with Crippen molar-refractivity contribution in [2.45, 2.75) is 11.4 Å². The minimum atomic E-state index is -0.517. The zero-order valence-electron chi connectivity index (χ0n) is 11.3. The van der Waals surface area contributed by atoms with Crippen molar-refractivity contribution in [3.8, 4) is 0 Å². The third-order valence-corrected chi connectivity index (χ3v) is 5.12. The average Bonchev–Trinajstić information content (AvgIpc) is 2.99. The van der Waals surface area contributed by atoms with Crippen LogP contribution >= 0.6 is 46.3 Å². The van der Waals surface area contributed by atoms with Crippen LogP contribution in [0.25, 0.3) is 0 Å². The largest absolute Gasteiger partial charge is 0.333 e. The van der Waals surface area contributed by atoms with Crippen LogP contribution in [0.3, 0.4) is 0 Å². The maximum atomic E-state index is 11.7. The molecule has 0 spiro atoms. The van der Waals surface area contributed by atoms with Crippen LogP contribution in [0.5, 0.6) is 0 Å². The Kier molecular flexibility index (Phi) is 6.57. The van der Waals surface area contributed by atoms with Crippen molar-refractivity contribution in [2.24, 2.45) is 0 Å². The first-order valence-corrected chi connectivity index (χ1v) is 8.84. The molecule has 3 amide bonds. The van der Waals surface area contributed by atoms with Gasteiger partial charge in [0, 0.05) is 14.8 Å². The molecule has 8 heteroatoms. The molecular weight excluding hydrogens is 363 g/mol. The van der Waals surface area contributed by atoms with Gasteiger partial charge in [-0.15, -0.1) is 23.1 Å². The quantitative estimate of drug-likeness (QED) is 0.771. The number of carbonyl (C=O) groups excluding carboxylic acids is 2. The van der Waals surface area contributed by atoms with Gasteiger partial charge in [-0.1, -0.05) is 29.3 Å². The lowest BCUT2D eigenvalue weighted by Crippen LogP contribution is -2.39. The summed E-state index contributed by atoms with van der Waals surface area (Å²) in [6, 6.07) is 8.30. The molecule has 0 atom stereocenters. The molecule has 2 aromatic rings. The van der Waals surface area contributed by atoms with Crippen LogP contribution in [-0.2, 0) is 11.3 Å². The van der Waals surface area contributed by atoms with E-state index in [9.17, 15) is 9.59 Å². The molecule has 0 radical (unpaired) electrons. The van der Waals surface area contributed by atoms with E-state index in [4.69, 9.17) is 23.2 Å². The fourth-order valence-corrected chi connectivity index (χ4v) is 3.46. The van der Waals surface area contributed by atoms with Crippen molar-refractivity contribution in [1.29, 1.82) is 0 Å². The second-order valence-electron chi connectivity index (χ2n) is 4.17. The Labute approximate surface area is 146 Å². The normalized spacial score (nSPS) is 10.3. The van der Waals surface area contributed by atoms with E-state index in [1.165, 1.54) is 23.1 Å².